The molecule has 0 spiro atoms. The van der Waals surface area contributed by atoms with Gasteiger partial charge in [0.25, 0.3) is 0 Å². The van der Waals surface area contributed by atoms with Crippen LogP contribution in [0, 0.1) is 11.8 Å². The monoisotopic (exact) mass is 287 g/mol. The summed E-state index contributed by atoms with van der Waals surface area (Å²) in [5.41, 5.74) is -0.116. The van der Waals surface area contributed by atoms with E-state index in [-0.39, 0.29) is 5.92 Å². The number of likely N-dealkylation sites (tertiary alicyclic amines) is 1. The molecule has 1 aliphatic rings. The van der Waals surface area contributed by atoms with Gasteiger partial charge in [-0.05, 0) is 17.5 Å². The van der Waals surface area contributed by atoms with Gasteiger partial charge >= 0.3 is 12.1 Å². The molecule has 1 N–H and O–H groups in total. The van der Waals surface area contributed by atoms with Crippen molar-refractivity contribution in [2.24, 2.45) is 11.8 Å². The van der Waals surface area contributed by atoms with Gasteiger partial charge in [-0.1, -0.05) is 25.1 Å². The van der Waals surface area contributed by atoms with Gasteiger partial charge in [0.05, 0.1) is 11.5 Å². The number of nitrogens with zero attached hydrogens (tertiary/aromatic N) is 1. The summed E-state index contributed by atoms with van der Waals surface area (Å²) in [5, 5.41) is 9.04. The molecule has 1 aromatic carbocycles. The fraction of sp³-hybridized carbons (Fsp3) is 0.500. The predicted molar refractivity (Wildman–Crippen MR) is 67.0 cm³/mol. The van der Waals surface area contributed by atoms with Crippen molar-refractivity contribution in [2.45, 2.75) is 19.6 Å². The highest BCUT2D eigenvalue weighted by atomic mass is 19.4. The molecule has 2 rings (SSSR count). The number of rotatable bonds is 3. The number of benzene rings is 1. The summed E-state index contributed by atoms with van der Waals surface area (Å²) >= 11 is 0. The first-order valence-corrected chi connectivity index (χ1v) is 6.38. The van der Waals surface area contributed by atoms with Crippen molar-refractivity contribution in [3.8, 4) is 0 Å². The van der Waals surface area contributed by atoms with E-state index >= 15 is 0 Å². The van der Waals surface area contributed by atoms with E-state index in [0.29, 0.717) is 25.2 Å². The van der Waals surface area contributed by atoms with Gasteiger partial charge in [-0.15, -0.1) is 0 Å². The maximum Gasteiger partial charge on any atom is 0.416 e. The van der Waals surface area contributed by atoms with Crippen LogP contribution < -0.4 is 0 Å². The van der Waals surface area contributed by atoms with E-state index in [4.69, 9.17) is 5.11 Å². The summed E-state index contributed by atoms with van der Waals surface area (Å²) in [6, 6.07) is 5.18. The van der Waals surface area contributed by atoms with Gasteiger partial charge in [-0.2, -0.15) is 13.2 Å². The molecule has 3 nitrogen and oxygen atoms in total. The zero-order chi connectivity index (χ0) is 14.9. The fourth-order valence-electron chi connectivity index (χ4n) is 2.62. The number of carboxylic acid groups (broad SMARTS) is 1. The third-order valence-electron chi connectivity index (χ3n) is 3.67. The quantitative estimate of drug-likeness (QED) is 0.929. The van der Waals surface area contributed by atoms with Gasteiger partial charge in [0, 0.05) is 19.6 Å². The molecule has 2 atom stereocenters. The highest BCUT2D eigenvalue weighted by Crippen LogP contribution is 2.30. The number of halogens is 3. The highest BCUT2D eigenvalue weighted by molar-refractivity contribution is 5.71. The molecule has 0 aromatic heterocycles. The smallest absolute Gasteiger partial charge is 0.416 e. The number of aliphatic carboxylic acids is 1. The average molecular weight is 287 g/mol. The SMILES string of the molecule is CC1CN(Cc2cccc(C(F)(F)F)c2)CC1C(=O)O. The molecule has 0 amide bonds. The van der Waals surface area contributed by atoms with Crippen LogP contribution in [-0.4, -0.2) is 29.1 Å². The molecule has 0 aliphatic carbocycles. The summed E-state index contributed by atoms with van der Waals surface area (Å²) in [6.07, 6.45) is -4.35. The minimum absolute atomic E-state index is 0.0123. The van der Waals surface area contributed by atoms with Crippen molar-refractivity contribution in [3.63, 3.8) is 0 Å². The number of alkyl halides is 3. The van der Waals surface area contributed by atoms with Crippen LogP contribution in [0.4, 0.5) is 13.2 Å². The van der Waals surface area contributed by atoms with Crippen LogP contribution in [0.15, 0.2) is 24.3 Å². The van der Waals surface area contributed by atoms with E-state index in [2.05, 4.69) is 0 Å². The predicted octanol–water partition coefficient (Wildman–Crippen LogP) is 2.86. The van der Waals surface area contributed by atoms with Crippen LogP contribution in [0.1, 0.15) is 18.1 Å². The first-order chi connectivity index (χ1) is 9.27. The molecule has 1 aromatic rings. The lowest BCUT2D eigenvalue weighted by Gasteiger charge is -2.16. The Bertz CT molecular complexity index is 501. The zero-order valence-electron chi connectivity index (χ0n) is 11.0. The standard InChI is InChI=1S/C14H16F3NO2/c1-9-6-18(8-12(9)13(19)20)7-10-3-2-4-11(5-10)14(15,16)17/h2-5,9,12H,6-8H2,1H3,(H,19,20). The van der Waals surface area contributed by atoms with Gasteiger partial charge in [-0.3, -0.25) is 9.69 Å². The molecule has 110 valence electrons. The normalized spacial score (nSPS) is 24.0. The summed E-state index contributed by atoms with van der Waals surface area (Å²) in [6.45, 7) is 3.17. The molecule has 0 saturated carbocycles. The first-order valence-electron chi connectivity index (χ1n) is 6.38. The third-order valence-corrected chi connectivity index (χ3v) is 3.67. The maximum atomic E-state index is 12.6. The molecule has 0 radical (unpaired) electrons. The summed E-state index contributed by atoms with van der Waals surface area (Å²) < 4.78 is 37.9. The minimum atomic E-state index is -4.35. The number of hydrogen-bond acceptors (Lipinski definition) is 2. The van der Waals surface area contributed by atoms with Crippen molar-refractivity contribution in [1.29, 1.82) is 0 Å². The van der Waals surface area contributed by atoms with Crippen LogP contribution in [0.2, 0.25) is 0 Å². The van der Waals surface area contributed by atoms with Crippen molar-refractivity contribution < 1.29 is 23.1 Å². The number of carbonyl (C=O) groups is 1. The molecule has 1 aliphatic heterocycles. The summed E-state index contributed by atoms with van der Waals surface area (Å²) in [5.74, 6) is -1.27. The van der Waals surface area contributed by atoms with Gasteiger partial charge < -0.3 is 5.11 Å². The third kappa shape index (κ3) is 3.30. The highest BCUT2D eigenvalue weighted by Gasteiger charge is 2.35. The fourth-order valence-corrected chi connectivity index (χ4v) is 2.62. The Morgan fingerprint density at radius 3 is 2.65 bits per heavy atom. The Labute approximate surface area is 115 Å². The molecular weight excluding hydrogens is 271 g/mol. The lowest BCUT2D eigenvalue weighted by molar-refractivity contribution is -0.142. The van der Waals surface area contributed by atoms with E-state index < -0.39 is 23.6 Å². The van der Waals surface area contributed by atoms with Crippen LogP contribution >= 0.6 is 0 Å². The molecular formula is C14H16F3NO2. The Balaban J connectivity index is 2.06. The van der Waals surface area contributed by atoms with E-state index in [1.54, 1.807) is 6.07 Å². The molecule has 1 heterocycles. The minimum Gasteiger partial charge on any atom is -0.481 e. The van der Waals surface area contributed by atoms with Gasteiger partial charge in [0.1, 0.15) is 0 Å². The van der Waals surface area contributed by atoms with Crippen molar-refractivity contribution in [1.82, 2.24) is 4.90 Å². The molecule has 0 bridgehead atoms. The number of hydrogen-bond donors (Lipinski definition) is 1. The average Bonchev–Trinajstić information content (AvgIpc) is 2.69. The van der Waals surface area contributed by atoms with Gasteiger partial charge in [0.2, 0.25) is 0 Å². The molecule has 20 heavy (non-hydrogen) atoms. The summed E-state index contributed by atoms with van der Waals surface area (Å²) in [7, 11) is 0. The van der Waals surface area contributed by atoms with E-state index in [1.807, 2.05) is 11.8 Å². The second kappa shape index (κ2) is 5.44. The topological polar surface area (TPSA) is 40.5 Å². The molecule has 1 saturated heterocycles. The van der Waals surface area contributed by atoms with Crippen LogP contribution in [0.25, 0.3) is 0 Å². The van der Waals surface area contributed by atoms with Crippen LogP contribution in [-0.2, 0) is 17.5 Å². The van der Waals surface area contributed by atoms with E-state index in [1.165, 1.54) is 6.07 Å². The van der Waals surface area contributed by atoms with Crippen molar-refractivity contribution in [2.75, 3.05) is 13.1 Å². The second-order valence-electron chi connectivity index (χ2n) is 5.31. The van der Waals surface area contributed by atoms with Crippen molar-refractivity contribution in [3.05, 3.63) is 35.4 Å². The lowest BCUT2D eigenvalue weighted by atomic mass is 9.99. The Kier molecular flexibility index (Phi) is 4.04. The maximum absolute atomic E-state index is 12.6. The molecule has 1 fully saturated rings. The Morgan fingerprint density at radius 2 is 2.10 bits per heavy atom. The Hall–Kier alpha value is -1.56. The largest absolute Gasteiger partial charge is 0.481 e. The van der Waals surface area contributed by atoms with Gasteiger partial charge in [-0.25, -0.2) is 0 Å². The summed E-state index contributed by atoms with van der Waals surface area (Å²) in [4.78, 5) is 12.9. The first kappa shape index (κ1) is 14.8. The van der Waals surface area contributed by atoms with E-state index in [0.717, 1.165) is 12.1 Å². The zero-order valence-corrected chi connectivity index (χ0v) is 11.0. The molecule has 6 heteroatoms. The second-order valence-corrected chi connectivity index (χ2v) is 5.31. The molecule has 2 unspecified atom stereocenters. The van der Waals surface area contributed by atoms with Crippen molar-refractivity contribution >= 4 is 5.97 Å². The van der Waals surface area contributed by atoms with Crippen LogP contribution in [0.5, 0.6) is 0 Å². The van der Waals surface area contributed by atoms with Gasteiger partial charge in [0.15, 0.2) is 0 Å². The lowest BCUT2D eigenvalue weighted by Crippen LogP contribution is -2.23. The van der Waals surface area contributed by atoms with Crippen LogP contribution in [0.3, 0.4) is 0 Å². The number of carboxylic acids is 1. The van der Waals surface area contributed by atoms with E-state index in [9.17, 15) is 18.0 Å². The Morgan fingerprint density at radius 1 is 1.40 bits per heavy atom.